The summed E-state index contributed by atoms with van der Waals surface area (Å²) >= 11 is 0. The lowest BCUT2D eigenvalue weighted by molar-refractivity contribution is 0.629. The topological polar surface area (TPSA) is 97.4 Å². The van der Waals surface area contributed by atoms with Crippen LogP contribution in [0.3, 0.4) is 0 Å². The number of aromatic amines is 2. The fourth-order valence-electron chi connectivity index (χ4n) is 4.46. The Labute approximate surface area is 187 Å². The molecule has 0 atom stereocenters. The maximum Gasteiger partial charge on any atom is 0.348 e. The fraction of sp³-hybridized carbons (Fsp3) is 0.250. The molecule has 4 N–H and O–H groups in total. The summed E-state index contributed by atoms with van der Waals surface area (Å²) in [4.78, 5) is 15.5. The molecular weight excluding hydrogens is 426 g/mol. The number of aromatic nitrogens is 5. The van der Waals surface area contributed by atoms with Crippen LogP contribution in [0.2, 0.25) is 0 Å². The molecule has 3 aromatic heterocycles. The summed E-state index contributed by atoms with van der Waals surface area (Å²) in [5, 5.41) is 7.76. The first-order chi connectivity index (χ1) is 15.9. The maximum atomic E-state index is 13.8. The maximum absolute atomic E-state index is 13.8. The minimum Gasteiger partial charge on any atom is -0.359 e. The summed E-state index contributed by atoms with van der Waals surface area (Å²) in [5.74, 6) is -0.469. The van der Waals surface area contributed by atoms with Crippen molar-refractivity contribution in [1.82, 2.24) is 24.3 Å². The summed E-state index contributed by atoms with van der Waals surface area (Å²) in [6, 6.07) is 9.30. The molecule has 170 valence electrons. The van der Waals surface area contributed by atoms with Crippen LogP contribution in [0.15, 0.2) is 53.6 Å². The number of H-pyrrole nitrogens is 2. The lowest BCUT2D eigenvalue weighted by Gasteiger charge is -2.04. The molecule has 2 aromatic carbocycles. The Morgan fingerprint density at radius 1 is 1.06 bits per heavy atom. The van der Waals surface area contributed by atoms with Crippen LogP contribution in [0.25, 0.3) is 38.9 Å². The molecule has 5 aromatic rings. The normalized spacial score (nSPS) is 14.2. The van der Waals surface area contributed by atoms with Gasteiger partial charge in [0.15, 0.2) is 5.82 Å². The Hall–Kier alpha value is -3.72. The van der Waals surface area contributed by atoms with Crippen LogP contribution in [-0.2, 0) is 7.05 Å². The molecule has 0 spiro atoms. The van der Waals surface area contributed by atoms with Crippen molar-refractivity contribution in [3.8, 4) is 17.1 Å². The number of nitrogens with one attached hydrogen (secondary N) is 2. The van der Waals surface area contributed by atoms with Gasteiger partial charge in [0, 0.05) is 52.9 Å². The minimum absolute atomic E-state index is 0.321. The first-order valence-electron chi connectivity index (χ1n) is 10.9. The standard InChI is InChI=1S/C19H13F2N5O.C5H11N/c1-25-9-14(12-6-11(21)3-5-16(12)25)18-23-24-19(27)26(18)17-8-22-15-4-2-10(20)7-13(15)17;6-5-3-1-2-4-5/h2-9,22H,1H3,(H,24,27);5H,1-4,6H2. The molecule has 1 saturated carbocycles. The first kappa shape index (κ1) is 21.1. The third kappa shape index (κ3) is 3.84. The number of fused-ring (bicyclic) bond motifs is 2. The average molecular weight is 450 g/mol. The van der Waals surface area contributed by atoms with Gasteiger partial charge in [-0.1, -0.05) is 12.8 Å². The highest BCUT2D eigenvalue weighted by atomic mass is 19.1. The van der Waals surface area contributed by atoms with Crippen molar-refractivity contribution in [1.29, 1.82) is 0 Å². The van der Waals surface area contributed by atoms with Crippen molar-refractivity contribution < 1.29 is 8.78 Å². The van der Waals surface area contributed by atoms with Crippen molar-refractivity contribution in [2.45, 2.75) is 31.7 Å². The van der Waals surface area contributed by atoms with E-state index in [1.54, 1.807) is 24.5 Å². The second-order valence-electron chi connectivity index (χ2n) is 8.41. The van der Waals surface area contributed by atoms with Crippen molar-refractivity contribution >= 4 is 21.8 Å². The van der Waals surface area contributed by atoms with Crippen molar-refractivity contribution in [2.24, 2.45) is 12.8 Å². The lowest BCUT2D eigenvalue weighted by Crippen LogP contribution is -2.15. The largest absolute Gasteiger partial charge is 0.359 e. The monoisotopic (exact) mass is 450 g/mol. The smallest absolute Gasteiger partial charge is 0.348 e. The van der Waals surface area contributed by atoms with Gasteiger partial charge < -0.3 is 15.3 Å². The first-order valence-corrected chi connectivity index (χ1v) is 10.9. The summed E-state index contributed by atoms with van der Waals surface area (Å²) < 4.78 is 30.8. The zero-order valence-corrected chi connectivity index (χ0v) is 18.1. The molecule has 7 nitrogen and oxygen atoms in total. The molecule has 0 unspecified atom stereocenters. The average Bonchev–Trinajstić information content (AvgIpc) is 3.56. The second kappa shape index (κ2) is 8.32. The summed E-state index contributed by atoms with van der Waals surface area (Å²) in [7, 11) is 1.83. The Morgan fingerprint density at radius 3 is 2.45 bits per heavy atom. The Kier molecular flexibility index (Phi) is 5.33. The number of benzene rings is 2. The van der Waals surface area contributed by atoms with E-state index in [1.165, 1.54) is 54.5 Å². The van der Waals surface area contributed by atoms with Crippen molar-refractivity contribution in [3.05, 3.63) is 70.9 Å². The van der Waals surface area contributed by atoms with Gasteiger partial charge in [0.1, 0.15) is 11.6 Å². The van der Waals surface area contributed by atoms with Gasteiger partial charge in [-0.15, -0.1) is 0 Å². The van der Waals surface area contributed by atoms with Crippen LogP contribution >= 0.6 is 0 Å². The van der Waals surface area contributed by atoms with Crippen LogP contribution in [-0.4, -0.2) is 30.4 Å². The van der Waals surface area contributed by atoms with Crippen molar-refractivity contribution in [3.63, 3.8) is 0 Å². The van der Waals surface area contributed by atoms with Crippen LogP contribution in [0, 0.1) is 11.6 Å². The minimum atomic E-state index is -0.469. The van der Waals surface area contributed by atoms with E-state index < -0.39 is 11.5 Å². The number of aryl methyl sites for hydroxylation is 1. The quantitative estimate of drug-likeness (QED) is 0.373. The number of nitrogens with zero attached hydrogens (tertiary/aromatic N) is 3. The van der Waals surface area contributed by atoms with Gasteiger partial charge in [0.2, 0.25) is 0 Å². The van der Waals surface area contributed by atoms with E-state index in [0.717, 1.165) is 5.52 Å². The number of halogens is 2. The van der Waals surface area contributed by atoms with E-state index >= 15 is 0 Å². The van der Waals surface area contributed by atoms with Gasteiger partial charge in [-0.2, -0.15) is 5.10 Å². The van der Waals surface area contributed by atoms with Gasteiger partial charge in [-0.3, -0.25) is 0 Å². The van der Waals surface area contributed by atoms with Crippen LogP contribution < -0.4 is 11.4 Å². The van der Waals surface area contributed by atoms with E-state index in [-0.39, 0.29) is 5.82 Å². The van der Waals surface area contributed by atoms with Crippen LogP contribution in [0.4, 0.5) is 8.78 Å². The fourth-order valence-corrected chi connectivity index (χ4v) is 4.46. The lowest BCUT2D eigenvalue weighted by atomic mass is 10.1. The number of rotatable bonds is 2. The number of nitrogens with two attached hydrogens (primary N) is 1. The molecule has 1 aliphatic carbocycles. The molecule has 6 rings (SSSR count). The predicted octanol–water partition coefficient (Wildman–Crippen LogP) is 4.37. The van der Waals surface area contributed by atoms with Gasteiger partial charge in [0.05, 0.1) is 5.69 Å². The van der Waals surface area contributed by atoms with Gasteiger partial charge >= 0.3 is 5.69 Å². The molecule has 33 heavy (non-hydrogen) atoms. The SMILES string of the molecule is Cn1cc(-c2n[nH]c(=O)n2-c2c[nH]c3ccc(F)cc23)c2cc(F)ccc21.NC1CCCC1. The Morgan fingerprint density at radius 2 is 1.76 bits per heavy atom. The third-order valence-electron chi connectivity index (χ3n) is 6.13. The van der Waals surface area contributed by atoms with Gasteiger partial charge in [-0.05, 0) is 49.2 Å². The molecule has 1 fully saturated rings. The molecule has 3 heterocycles. The molecule has 0 radical (unpaired) electrons. The summed E-state index contributed by atoms with van der Waals surface area (Å²) in [6.45, 7) is 0. The van der Waals surface area contributed by atoms with Crippen molar-refractivity contribution in [2.75, 3.05) is 0 Å². The third-order valence-corrected chi connectivity index (χ3v) is 6.13. The van der Waals surface area contributed by atoms with E-state index in [1.807, 2.05) is 11.6 Å². The molecular formula is C24H24F2N6O. The van der Waals surface area contributed by atoms with E-state index in [0.29, 0.717) is 39.4 Å². The second-order valence-corrected chi connectivity index (χ2v) is 8.41. The number of hydrogen-bond donors (Lipinski definition) is 3. The molecule has 0 bridgehead atoms. The zero-order valence-electron chi connectivity index (χ0n) is 18.1. The molecule has 1 aliphatic rings. The van der Waals surface area contributed by atoms with Gasteiger partial charge in [-0.25, -0.2) is 23.2 Å². The molecule has 9 heteroatoms. The summed E-state index contributed by atoms with van der Waals surface area (Å²) in [6.07, 6.45) is 8.66. The van der Waals surface area contributed by atoms with Crippen LogP contribution in [0.5, 0.6) is 0 Å². The Balaban J connectivity index is 0.000000332. The number of hydrogen-bond acceptors (Lipinski definition) is 3. The van der Waals surface area contributed by atoms with E-state index in [9.17, 15) is 13.6 Å². The highest BCUT2D eigenvalue weighted by molar-refractivity contribution is 5.95. The highest BCUT2D eigenvalue weighted by Gasteiger charge is 2.20. The zero-order chi connectivity index (χ0) is 23.1. The Bertz CT molecular complexity index is 1500. The van der Waals surface area contributed by atoms with E-state index in [4.69, 9.17) is 5.73 Å². The highest BCUT2D eigenvalue weighted by Crippen LogP contribution is 2.31. The molecule has 0 aliphatic heterocycles. The van der Waals surface area contributed by atoms with Crippen LogP contribution in [0.1, 0.15) is 25.7 Å². The van der Waals surface area contributed by atoms with Gasteiger partial charge in [0.25, 0.3) is 0 Å². The van der Waals surface area contributed by atoms with E-state index in [2.05, 4.69) is 15.2 Å². The molecule has 0 saturated heterocycles. The summed E-state index contributed by atoms with van der Waals surface area (Å²) in [5.41, 5.74) is 7.62. The predicted molar refractivity (Wildman–Crippen MR) is 124 cm³/mol. The molecule has 0 amide bonds.